The Morgan fingerprint density at radius 2 is 1.92 bits per heavy atom. The minimum absolute atomic E-state index is 0.0177. The first-order valence-corrected chi connectivity index (χ1v) is 10.6. The molecule has 1 aromatic heterocycles. The van der Waals surface area contributed by atoms with E-state index in [2.05, 4.69) is 10.3 Å². The number of alkyl halides is 2. The number of hydrogen-bond donors (Lipinski definition) is 2. The average Bonchev–Trinajstić information content (AvgIpc) is 3.40. The van der Waals surface area contributed by atoms with Crippen molar-refractivity contribution in [2.45, 2.75) is 12.5 Å². The first kappa shape index (κ1) is 25.0. The molecule has 0 aliphatic carbocycles. The van der Waals surface area contributed by atoms with Crippen LogP contribution in [0.25, 0.3) is 0 Å². The van der Waals surface area contributed by atoms with Gasteiger partial charge in [-0.05, 0) is 0 Å². The van der Waals surface area contributed by atoms with Crippen molar-refractivity contribution in [3.63, 3.8) is 0 Å². The van der Waals surface area contributed by atoms with E-state index in [1.807, 2.05) is 5.32 Å². The number of oxazole rings is 1. The maximum atomic E-state index is 15.0. The molecule has 0 saturated carbocycles. The minimum atomic E-state index is -3.23. The summed E-state index contributed by atoms with van der Waals surface area (Å²) in [5, 5.41) is 5.27. The van der Waals surface area contributed by atoms with Crippen molar-refractivity contribution in [3.05, 3.63) is 36.2 Å². The number of carbonyl (C=O) groups is 3. The Bertz CT molecular complexity index is 1100. The zero-order chi connectivity index (χ0) is 25.8. The number of amides is 4. The summed E-state index contributed by atoms with van der Waals surface area (Å²) in [6.07, 6.45) is -2.56. The molecule has 16 heteroatoms. The van der Waals surface area contributed by atoms with Crippen LogP contribution in [-0.4, -0.2) is 79.9 Å². The highest BCUT2D eigenvalue weighted by molar-refractivity contribution is 5.90. The van der Waals surface area contributed by atoms with Crippen molar-refractivity contribution in [2.24, 2.45) is 0 Å². The largest absolute Gasteiger partial charge is 0.442 e. The fraction of sp³-hybridized carbons (Fsp3) is 0.400. The maximum Gasteiger partial charge on any atom is 0.414 e. The molecule has 2 aromatic rings. The third-order valence-corrected chi connectivity index (χ3v) is 5.26. The lowest BCUT2D eigenvalue weighted by molar-refractivity contribution is -0.132. The van der Waals surface area contributed by atoms with E-state index in [1.165, 1.54) is 17.4 Å². The molecule has 2 aliphatic rings. The number of cyclic esters (lactones) is 1. The number of halogens is 4. The van der Waals surface area contributed by atoms with Crippen LogP contribution < -0.4 is 20.4 Å². The molecule has 0 spiro atoms. The number of hydrogen-bond acceptors (Lipinski definition) is 8. The molecule has 1 aromatic carbocycles. The number of anilines is 3. The Morgan fingerprint density at radius 3 is 2.58 bits per heavy atom. The van der Waals surface area contributed by atoms with E-state index in [0.717, 1.165) is 22.1 Å². The molecule has 2 aliphatic heterocycles. The molecule has 2 saturated heterocycles. The second-order valence-corrected chi connectivity index (χ2v) is 7.61. The summed E-state index contributed by atoms with van der Waals surface area (Å²) in [7, 11) is 0. The van der Waals surface area contributed by atoms with Crippen LogP contribution in [0.1, 0.15) is 0 Å². The Morgan fingerprint density at radius 1 is 1.17 bits per heavy atom. The third kappa shape index (κ3) is 5.59. The summed E-state index contributed by atoms with van der Waals surface area (Å²) in [6, 6.07) is 1.14. The van der Waals surface area contributed by atoms with Crippen molar-refractivity contribution in [2.75, 3.05) is 54.4 Å². The molecule has 12 nitrogen and oxygen atoms in total. The number of ether oxygens (including phenoxy) is 1. The standard InChI is InChI=1S/C20H20F4N6O6/c21-13-7-11(29-10-12(36-20(29)33)9-26-17(31)16(23)24)8-14(22)15(13)28-2-3-30(35-6-4-28)19(32)27-18-25-1-5-34-18/h1,5,7-8,12,16H,2-4,6,9-10H2,(H,26,31)(H,25,27,32). The van der Waals surface area contributed by atoms with Gasteiger partial charge in [0.15, 0.2) is 11.6 Å². The van der Waals surface area contributed by atoms with Crippen molar-refractivity contribution < 1.29 is 45.9 Å². The molecular formula is C20H20F4N6O6. The number of nitrogens with zero attached hydrogens (tertiary/aromatic N) is 4. The monoisotopic (exact) mass is 516 g/mol. The smallest absolute Gasteiger partial charge is 0.414 e. The molecule has 1 unspecified atom stereocenters. The molecule has 3 heterocycles. The second-order valence-electron chi connectivity index (χ2n) is 7.61. The van der Waals surface area contributed by atoms with Gasteiger partial charge in [0.05, 0.1) is 38.1 Å². The van der Waals surface area contributed by atoms with Gasteiger partial charge in [0.2, 0.25) is 0 Å². The summed E-state index contributed by atoms with van der Waals surface area (Å²) < 4.78 is 64.5. The molecule has 1 atom stereocenters. The lowest BCUT2D eigenvalue weighted by atomic mass is 10.2. The van der Waals surface area contributed by atoms with Crippen LogP contribution in [0.5, 0.6) is 0 Å². The van der Waals surface area contributed by atoms with Crippen molar-refractivity contribution >= 4 is 35.4 Å². The molecule has 4 rings (SSSR count). The van der Waals surface area contributed by atoms with Gasteiger partial charge in [-0.15, -0.1) is 0 Å². The van der Waals surface area contributed by atoms with Gasteiger partial charge in [0.1, 0.15) is 18.1 Å². The fourth-order valence-electron chi connectivity index (χ4n) is 3.61. The molecule has 194 valence electrons. The van der Waals surface area contributed by atoms with Crippen LogP contribution in [0, 0.1) is 11.6 Å². The normalized spacial score (nSPS) is 18.3. The molecule has 2 N–H and O–H groups in total. The summed E-state index contributed by atoms with van der Waals surface area (Å²) in [5.74, 6) is -3.49. The van der Waals surface area contributed by atoms with Crippen LogP contribution in [0.3, 0.4) is 0 Å². The van der Waals surface area contributed by atoms with Gasteiger partial charge in [-0.1, -0.05) is 0 Å². The summed E-state index contributed by atoms with van der Waals surface area (Å²) in [4.78, 5) is 46.8. The molecular weight excluding hydrogens is 496 g/mol. The maximum absolute atomic E-state index is 15.0. The number of rotatable bonds is 6. The first-order chi connectivity index (χ1) is 17.2. The van der Waals surface area contributed by atoms with Crippen molar-refractivity contribution in [1.82, 2.24) is 15.4 Å². The molecule has 0 bridgehead atoms. The van der Waals surface area contributed by atoms with E-state index in [9.17, 15) is 23.2 Å². The Balaban J connectivity index is 1.40. The Kier molecular flexibility index (Phi) is 7.42. The van der Waals surface area contributed by atoms with Gasteiger partial charge in [-0.3, -0.25) is 19.8 Å². The predicted molar refractivity (Wildman–Crippen MR) is 113 cm³/mol. The number of carbonyl (C=O) groups excluding carboxylic acids is 3. The highest BCUT2D eigenvalue weighted by Crippen LogP contribution is 2.31. The van der Waals surface area contributed by atoms with Crippen molar-refractivity contribution in [1.29, 1.82) is 0 Å². The van der Waals surface area contributed by atoms with Crippen LogP contribution in [0.15, 0.2) is 29.0 Å². The topological polar surface area (TPSA) is 129 Å². The fourth-order valence-corrected chi connectivity index (χ4v) is 3.61. The van der Waals surface area contributed by atoms with Gasteiger partial charge in [-0.2, -0.15) is 8.78 Å². The number of urea groups is 1. The van der Waals surface area contributed by atoms with Crippen molar-refractivity contribution in [3.8, 4) is 0 Å². The summed E-state index contributed by atoms with van der Waals surface area (Å²) in [6.45, 7) is -0.645. The SMILES string of the molecule is O=C(NCC1CN(c2cc(F)c(N3CCON(C(=O)Nc4ncco4)CC3)c(F)c2)C(=O)O1)C(F)F. The predicted octanol–water partition coefficient (Wildman–Crippen LogP) is 1.94. The summed E-state index contributed by atoms with van der Waals surface area (Å²) in [5.41, 5.74) is -0.537. The van der Waals surface area contributed by atoms with Gasteiger partial charge in [0.25, 0.3) is 5.91 Å². The van der Waals surface area contributed by atoms with E-state index >= 15 is 8.78 Å². The number of hydroxylamine groups is 2. The molecule has 36 heavy (non-hydrogen) atoms. The van der Waals surface area contributed by atoms with Gasteiger partial charge >= 0.3 is 24.6 Å². The van der Waals surface area contributed by atoms with Crippen LogP contribution in [-0.2, 0) is 14.4 Å². The highest BCUT2D eigenvalue weighted by Gasteiger charge is 2.34. The lowest BCUT2D eigenvalue weighted by Crippen LogP contribution is -2.37. The number of nitrogens with one attached hydrogen (secondary N) is 2. The number of benzene rings is 1. The van der Waals surface area contributed by atoms with Gasteiger partial charge in [0, 0.05) is 25.2 Å². The highest BCUT2D eigenvalue weighted by atomic mass is 19.3. The zero-order valence-electron chi connectivity index (χ0n) is 18.5. The quantitative estimate of drug-likeness (QED) is 0.558. The van der Waals surface area contributed by atoms with E-state index in [1.54, 1.807) is 0 Å². The number of aromatic nitrogens is 1. The molecule has 2 fully saturated rings. The van der Waals surface area contributed by atoms with E-state index in [-0.39, 0.29) is 56.7 Å². The Hall–Kier alpha value is -4.08. The third-order valence-electron chi connectivity index (χ3n) is 5.26. The van der Waals surface area contributed by atoms with Gasteiger partial charge < -0.3 is 19.4 Å². The van der Waals surface area contributed by atoms with E-state index in [0.29, 0.717) is 0 Å². The zero-order valence-corrected chi connectivity index (χ0v) is 18.5. The molecule has 4 amide bonds. The van der Waals surface area contributed by atoms with E-state index < -0.39 is 42.2 Å². The van der Waals surface area contributed by atoms with Crippen LogP contribution >= 0.6 is 0 Å². The van der Waals surface area contributed by atoms with Crippen LogP contribution in [0.4, 0.5) is 44.5 Å². The Labute approximate surface area is 200 Å². The minimum Gasteiger partial charge on any atom is -0.442 e. The molecule has 0 radical (unpaired) electrons. The van der Waals surface area contributed by atoms with Gasteiger partial charge in [-0.25, -0.2) is 28.4 Å². The summed E-state index contributed by atoms with van der Waals surface area (Å²) >= 11 is 0. The van der Waals surface area contributed by atoms with E-state index in [4.69, 9.17) is 14.0 Å². The lowest BCUT2D eigenvalue weighted by Gasteiger charge is -2.24. The first-order valence-electron chi connectivity index (χ1n) is 10.6. The van der Waals surface area contributed by atoms with Crippen LogP contribution in [0.2, 0.25) is 0 Å². The second kappa shape index (κ2) is 10.7. The average molecular weight is 516 g/mol.